The molecule has 1 aliphatic rings. The van der Waals surface area contributed by atoms with E-state index in [1.54, 1.807) is 4.90 Å². The van der Waals surface area contributed by atoms with Crippen LogP contribution in [0.3, 0.4) is 0 Å². The van der Waals surface area contributed by atoms with E-state index in [1.165, 1.54) is 7.11 Å². The van der Waals surface area contributed by atoms with E-state index in [0.717, 1.165) is 11.3 Å². The molecule has 142 valence electrons. The molecule has 1 fully saturated rings. The van der Waals surface area contributed by atoms with Gasteiger partial charge in [-0.05, 0) is 29.5 Å². The number of nitrogens with one attached hydrogen (secondary N) is 1. The third kappa shape index (κ3) is 4.42. The van der Waals surface area contributed by atoms with Crippen LogP contribution in [0.25, 0.3) is 0 Å². The van der Waals surface area contributed by atoms with Crippen molar-refractivity contribution in [1.82, 2.24) is 5.32 Å². The van der Waals surface area contributed by atoms with Crippen LogP contribution < -0.4 is 10.2 Å². The fourth-order valence-electron chi connectivity index (χ4n) is 3.08. The Kier molecular flexibility index (Phi) is 6.40. The summed E-state index contributed by atoms with van der Waals surface area (Å²) in [6.07, 6.45) is 0.143. The topological polar surface area (TPSA) is 75.7 Å². The second kappa shape index (κ2) is 8.34. The molecule has 0 aromatic heterocycles. The molecule has 1 saturated heterocycles. The molecule has 2 rings (SSSR count). The summed E-state index contributed by atoms with van der Waals surface area (Å²) in [5.74, 6) is -1.05. The van der Waals surface area contributed by atoms with Gasteiger partial charge in [-0.1, -0.05) is 39.8 Å². The molecule has 1 heterocycles. The lowest BCUT2D eigenvalue weighted by atomic mass is 10.0. The number of amides is 2. The van der Waals surface area contributed by atoms with E-state index in [4.69, 9.17) is 4.74 Å². The van der Waals surface area contributed by atoms with Gasteiger partial charge in [0.1, 0.15) is 6.04 Å². The van der Waals surface area contributed by atoms with Crippen molar-refractivity contribution in [2.75, 3.05) is 18.6 Å². The first-order valence-corrected chi connectivity index (χ1v) is 9.03. The van der Waals surface area contributed by atoms with Crippen molar-refractivity contribution >= 4 is 23.5 Å². The van der Waals surface area contributed by atoms with Crippen LogP contribution in [-0.2, 0) is 19.1 Å². The third-order valence-corrected chi connectivity index (χ3v) is 4.76. The van der Waals surface area contributed by atoms with Crippen molar-refractivity contribution in [2.45, 2.75) is 46.1 Å². The zero-order chi connectivity index (χ0) is 19.4. The number of hydrogen-bond acceptors (Lipinski definition) is 4. The minimum Gasteiger partial charge on any atom is -0.467 e. The fraction of sp³-hybridized carbons (Fsp3) is 0.550. The summed E-state index contributed by atoms with van der Waals surface area (Å²) < 4.78 is 4.75. The molecule has 1 unspecified atom stereocenters. The van der Waals surface area contributed by atoms with Crippen molar-refractivity contribution in [3.8, 4) is 0 Å². The van der Waals surface area contributed by atoms with E-state index in [9.17, 15) is 14.4 Å². The number of esters is 1. The summed E-state index contributed by atoms with van der Waals surface area (Å²) in [7, 11) is 1.30. The van der Waals surface area contributed by atoms with Crippen molar-refractivity contribution in [1.29, 1.82) is 0 Å². The molecule has 2 amide bonds. The molecular weight excluding hydrogens is 332 g/mol. The molecule has 1 aliphatic heterocycles. The normalized spacial score (nSPS) is 18.3. The van der Waals surface area contributed by atoms with Crippen molar-refractivity contribution in [3.05, 3.63) is 29.8 Å². The molecule has 6 nitrogen and oxygen atoms in total. The molecule has 0 spiro atoms. The fourth-order valence-corrected chi connectivity index (χ4v) is 3.08. The zero-order valence-electron chi connectivity index (χ0n) is 16.1. The first-order valence-electron chi connectivity index (χ1n) is 9.03. The SMILES string of the molecule is COC(=O)[C@@H](NC(=O)C1CC(=O)N(c2cccc(C(C)C)c2)C1)C(C)C. The quantitative estimate of drug-likeness (QED) is 0.791. The maximum atomic E-state index is 12.6. The van der Waals surface area contributed by atoms with Crippen LogP contribution >= 0.6 is 0 Å². The highest BCUT2D eigenvalue weighted by molar-refractivity contribution is 6.00. The highest BCUT2D eigenvalue weighted by Gasteiger charge is 2.37. The van der Waals surface area contributed by atoms with E-state index in [1.807, 2.05) is 38.1 Å². The molecule has 1 aromatic carbocycles. The van der Waals surface area contributed by atoms with E-state index >= 15 is 0 Å². The lowest BCUT2D eigenvalue weighted by Crippen LogP contribution is -2.47. The lowest BCUT2D eigenvalue weighted by molar-refractivity contribution is -0.146. The number of methoxy groups -OCH3 is 1. The van der Waals surface area contributed by atoms with Crippen LogP contribution in [0.4, 0.5) is 5.69 Å². The van der Waals surface area contributed by atoms with Gasteiger partial charge in [-0.25, -0.2) is 4.79 Å². The molecule has 1 N–H and O–H groups in total. The van der Waals surface area contributed by atoms with Crippen LogP contribution in [0.1, 0.15) is 45.6 Å². The standard InChI is InChI=1S/C20H28N2O4/c1-12(2)14-7-6-8-16(9-14)22-11-15(10-17(22)23)19(24)21-18(13(3)4)20(25)26-5/h6-9,12-13,15,18H,10-11H2,1-5H3,(H,21,24)/t15?,18-/m0/s1. The molecule has 0 bridgehead atoms. The van der Waals surface area contributed by atoms with Crippen LogP contribution in [0.5, 0.6) is 0 Å². The second-order valence-corrected chi connectivity index (χ2v) is 7.41. The summed E-state index contributed by atoms with van der Waals surface area (Å²) in [5.41, 5.74) is 1.96. The minimum atomic E-state index is -0.707. The third-order valence-electron chi connectivity index (χ3n) is 4.76. The highest BCUT2D eigenvalue weighted by Crippen LogP contribution is 2.28. The maximum Gasteiger partial charge on any atom is 0.328 e. The van der Waals surface area contributed by atoms with Crippen LogP contribution in [0, 0.1) is 11.8 Å². The smallest absolute Gasteiger partial charge is 0.328 e. The molecule has 6 heteroatoms. The van der Waals surface area contributed by atoms with E-state index < -0.39 is 17.9 Å². The van der Waals surface area contributed by atoms with Gasteiger partial charge in [0.15, 0.2) is 0 Å². The zero-order valence-corrected chi connectivity index (χ0v) is 16.1. The van der Waals surface area contributed by atoms with E-state index in [0.29, 0.717) is 12.5 Å². The van der Waals surface area contributed by atoms with Crippen molar-refractivity contribution < 1.29 is 19.1 Å². The van der Waals surface area contributed by atoms with Gasteiger partial charge in [-0.3, -0.25) is 9.59 Å². The molecule has 2 atom stereocenters. The number of ether oxygens (including phenoxy) is 1. The highest BCUT2D eigenvalue weighted by atomic mass is 16.5. The maximum absolute atomic E-state index is 12.6. The Morgan fingerprint density at radius 2 is 1.92 bits per heavy atom. The molecule has 0 aliphatic carbocycles. The Balaban J connectivity index is 2.10. The van der Waals surface area contributed by atoms with Gasteiger partial charge in [0.05, 0.1) is 13.0 Å². The summed E-state index contributed by atoms with van der Waals surface area (Å²) in [6.45, 7) is 8.19. The molecule has 1 aromatic rings. The Hall–Kier alpha value is -2.37. The number of carbonyl (C=O) groups excluding carboxylic acids is 3. The van der Waals surface area contributed by atoms with Gasteiger partial charge in [-0.15, -0.1) is 0 Å². The van der Waals surface area contributed by atoms with Gasteiger partial charge in [0.25, 0.3) is 0 Å². The Bertz CT molecular complexity index is 684. The van der Waals surface area contributed by atoms with Crippen LogP contribution in [0.15, 0.2) is 24.3 Å². The second-order valence-electron chi connectivity index (χ2n) is 7.41. The van der Waals surface area contributed by atoms with Crippen molar-refractivity contribution in [3.63, 3.8) is 0 Å². The Labute approximate surface area is 154 Å². The van der Waals surface area contributed by atoms with Gasteiger partial charge in [0.2, 0.25) is 11.8 Å². The van der Waals surface area contributed by atoms with E-state index in [2.05, 4.69) is 19.2 Å². The molecule has 26 heavy (non-hydrogen) atoms. The predicted molar refractivity (Wildman–Crippen MR) is 99.8 cm³/mol. The average molecular weight is 360 g/mol. The van der Waals surface area contributed by atoms with Crippen LogP contribution in [-0.4, -0.2) is 37.5 Å². The molecule has 0 radical (unpaired) electrons. The van der Waals surface area contributed by atoms with Gasteiger partial charge in [-0.2, -0.15) is 0 Å². The number of hydrogen-bond donors (Lipinski definition) is 1. The Morgan fingerprint density at radius 3 is 2.50 bits per heavy atom. The van der Waals surface area contributed by atoms with Crippen molar-refractivity contribution in [2.24, 2.45) is 11.8 Å². The monoisotopic (exact) mass is 360 g/mol. The van der Waals surface area contributed by atoms with Gasteiger partial charge in [0, 0.05) is 18.7 Å². The average Bonchev–Trinajstić information content (AvgIpc) is 3.00. The number of carbonyl (C=O) groups is 3. The number of benzene rings is 1. The van der Waals surface area contributed by atoms with Gasteiger partial charge >= 0.3 is 5.97 Å². The lowest BCUT2D eigenvalue weighted by Gasteiger charge is -2.22. The summed E-state index contributed by atoms with van der Waals surface area (Å²) in [6, 6.07) is 7.13. The number of nitrogens with zero attached hydrogens (tertiary/aromatic N) is 1. The first kappa shape index (κ1) is 19.9. The summed E-state index contributed by atoms with van der Waals surface area (Å²) in [5, 5.41) is 2.74. The number of rotatable bonds is 6. The predicted octanol–water partition coefficient (Wildman–Crippen LogP) is 2.48. The summed E-state index contributed by atoms with van der Waals surface area (Å²) in [4.78, 5) is 38.5. The minimum absolute atomic E-state index is 0.0785. The Morgan fingerprint density at radius 1 is 1.23 bits per heavy atom. The largest absolute Gasteiger partial charge is 0.467 e. The molecular formula is C20H28N2O4. The number of anilines is 1. The first-order chi connectivity index (χ1) is 12.2. The molecule has 0 saturated carbocycles. The summed E-state index contributed by atoms with van der Waals surface area (Å²) >= 11 is 0. The van der Waals surface area contributed by atoms with E-state index in [-0.39, 0.29) is 24.2 Å². The van der Waals surface area contributed by atoms with Crippen LogP contribution in [0.2, 0.25) is 0 Å². The van der Waals surface area contributed by atoms with Gasteiger partial charge < -0.3 is 15.0 Å².